The SMILES string of the molecule is Cc1nc(C2(NC(=O)c3ccn(C4CCCNC4)n3)CCCC2)no1.Cl. The summed E-state index contributed by atoms with van der Waals surface area (Å²) in [6.07, 6.45) is 7.84. The lowest BCUT2D eigenvalue weighted by Crippen LogP contribution is -2.45. The van der Waals surface area contributed by atoms with Crippen LogP contribution in [0.3, 0.4) is 0 Å². The highest BCUT2D eigenvalue weighted by atomic mass is 35.5. The smallest absolute Gasteiger partial charge is 0.272 e. The molecule has 9 heteroatoms. The van der Waals surface area contributed by atoms with Gasteiger partial charge >= 0.3 is 0 Å². The summed E-state index contributed by atoms with van der Waals surface area (Å²) in [5.41, 5.74) is -0.0950. The summed E-state index contributed by atoms with van der Waals surface area (Å²) in [7, 11) is 0. The van der Waals surface area contributed by atoms with Crippen molar-refractivity contribution < 1.29 is 9.32 Å². The van der Waals surface area contributed by atoms with Crippen molar-refractivity contribution >= 4 is 18.3 Å². The molecular formula is C17H25ClN6O2. The van der Waals surface area contributed by atoms with E-state index in [0.717, 1.165) is 51.6 Å². The fraction of sp³-hybridized carbons (Fsp3) is 0.647. The molecule has 2 aliphatic rings. The van der Waals surface area contributed by atoms with Crippen molar-refractivity contribution in [3.05, 3.63) is 29.7 Å². The number of hydrogen-bond acceptors (Lipinski definition) is 6. The summed E-state index contributed by atoms with van der Waals surface area (Å²) >= 11 is 0. The van der Waals surface area contributed by atoms with Crippen LogP contribution in [0.1, 0.15) is 66.8 Å². The topological polar surface area (TPSA) is 97.9 Å². The number of nitrogens with zero attached hydrogens (tertiary/aromatic N) is 4. The Bertz CT molecular complexity index is 746. The van der Waals surface area contributed by atoms with Crippen molar-refractivity contribution in [3.8, 4) is 0 Å². The van der Waals surface area contributed by atoms with E-state index in [9.17, 15) is 4.79 Å². The van der Waals surface area contributed by atoms with E-state index in [2.05, 4.69) is 25.9 Å². The maximum atomic E-state index is 12.8. The summed E-state index contributed by atoms with van der Waals surface area (Å²) in [4.78, 5) is 17.2. The molecule has 0 bridgehead atoms. The van der Waals surface area contributed by atoms with Gasteiger partial charge in [0, 0.05) is 19.7 Å². The van der Waals surface area contributed by atoms with E-state index in [1.54, 1.807) is 13.0 Å². The summed E-state index contributed by atoms with van der Waals surface area (Å²) in [6, 6.07) is 2.10. The largest absolute Gasteiger partial charge is 0.340 e. The fourth-order valence-corrected chi connectivity index (χ4v) is 3.88. The minimum absolute atomic E-state index is 0. The van der Waals surface area contributed by atoms with Gasteiger partial charge in [0.2, 0.25) is 5.89 Å². The molecule has 1 amide bonds. The molecule has 0 spiro atoms. The first-order valence-electron chi connectivity index (χ1n) is 9.05. The molecule has 2 aromatic heterocycles. The van der Waals surface area contributed by atoms with Crippen LogP contribution in [0.5, 0.6) is 0 Å². The third-order valence-electron chi connectivity index (χ3n) is 5.25. The predicted molar refractivity (Wildman–Crippen MR) is 97.3 cm³/mol. The summed E-state index contributed by atoms with van der Waals surface area (Å²) in [5, 5.41) is 15.1. The van der Waals surface area contributed by atoms with Gasteiger partial charge in [0.15, 0.2) is 5.82 Å². The van der Waals surface area contributed by atoms with E-state index in [1.807, 2.05) is 10.9 Å². The van der Waals surface area contributed by atoms with Crippen LogP contribution in [0.25, 0.3) is 0 Å². The number of halogens is 1. The fourth-order valence-electron chi connectivity index (χ4n) is 3.88. The highest BCUT2D eigenvalue weighted by Crippen LogP contribution is 2.37. The lowest BCUT2D eigenvalue weighted by Gasteiger charge is -2.26. The van der Waals surface area contributed by atoms with E-state index in [4.69, 9.17) is 4.52 Å². The number of carbonyl (C=O) groups is 1. The Balaban J connectivity index is 0.00000196. The van der Waals surface area contributed by atoms with Gasteiger partial charge in [0.25, 0.3) is 5.91 Å². The van der Waals surface area contributed by atoms with Crippen LogP contribution < -0.4 is 10.6 Å². The highest BCUT2D eigenvalue weighted by Gasteiger charge is 2.41. The Kier molecular flexibility index (Phi) is 5.62. The van der Waals surface area contributed by atoms with E-state index in [-0.39, 0.29) is 18.3 Å². The van der Waals surface area contributed by atoms with Gasteiger partial charge < -0.3 is 15.2 Å². The van der Waals surface area contributed by atoms with E-state index in [1.165, 1.54) is 0 Å². The predicted octanol–water partition coefficient (Wildman–Crippen LogP) is 2.12. The number of rotatable bonds is 4. The molecule has 1 atom stereocenters. The van der Waals surface area contributed by atoms with E-state index in [0.29, 0.717) is 23.5 Å². The van der Waals surface area contributed by atoms with Gasteiger partial charge in [-0.2, -0.15) is 10.1 Å². The average molecular weight is 381 g/mol. The number of nitrogens with one attached hydrogen (secondary N) is 2. The number of amides is 1. The lowest BCUT2D eigenvalue weighted by molar-refractivity contribution is 0.0885. The van der Waals surface area contributed by atoms with Gasteiger partial charge in [0.05, 0.1) is 6.04 Å². The van der Waals surface area contributed by atoms with Crippen LogP contribution in [-0.4, -0.2) is 38.9 Å². The zero-order valence-corrected chi connectivity index (χ0v) is 15.7. The second-order valence-corrected chi connectivity index (χ2v) is 7.06. The van der Waals surface area contributed by atoms with Gasteiger partial charge in [0.1, 0.15) is 11.2 Å². The first-order valence-corrected chi connectivity index (χ1v) is 9.05. The van der Waals surface area contributed by atoms with Crippen LogP contribution in [0.4, 0.5) is 0 Å². The molecule has 2 N–H and O–H groups in total. The molecule has 2 aromatic rings. The van der Waals surface area contributed by atoms with Crippen molar-refractivity contribution in [3.63, 3.8) is 0 Å². The molecule has 1 aliphatic heterocycles. The molecule has 1 aliphatic carbocycles. The molecule has 0 aromatic carbocycles. The Hall–Kier alpha value is -1.93. The normalized spacial score (nSPS) is 22.0. The minimum atomic E-state index is -0.537. The highest BCUT2D eigenvalue weighted by molar-refractivity contribution is 5.92. The lowest BCUT2D eigenvalue weighted by atomic mass is 9.96. The quantitative estimate of drug-likeness (QED) is 0.843. The Morgan fingerprint density at radius 3 is 2.85 bits per heavy atom. The van der Waals surface area contributed by atoms with Crippen LogP contribution >= 0.6 is 12.4 Å². The maximum Gasteiger partial charge on any atom is 0.272 e. The maximum absolute atomic E-state index is 12.8. The average Bonchev–Trinajstić information content (AvgIpc) is 3.36. The van der Waals surface area contributed by atoms with Crippen molar-refractivity contribution in [1.82, 2.24) is 30.6 Å². The van der Waals surface area contributed by atoms with E-state index < -0.39 is 5.54 Å². The van der Waals surface area contributed by atoms with Crippen molar-refractivity contribution in [1.29, 1.82) is 0 Å². The van der Waals surface area contributed by atoms with Crippen molar-refractivity contribution in [2.45, 2.75) is 57.0 Å². The summed E-state index contributed by atoms with van der Waals surface area (Å²) < 4.78 is 7.04. The van der Waals surface area contributed by atoms with Gasteiger partial charge in [-0.1, -0.05) is 18.0 Å². The van der Waals surface area contributed by atoms with Gasteiger partial charge in [-0.25, -0.2) is 0 Å². The summed E-state index contributed by atoms with van der Waals surface area (Å²) in [5.74, 6) is 0.920. The number of aryl methyl sites for hydroxylation is 1. The minimum Gasteiger partial charge on any atom is -0.340 e. The first kappa shape index (κ1) is 18.8. The van der Waals surface area contributed by atoms with E-state index >= 15 is 0 Å². The van der Waals surface area contributed by atoms with Crippen molar-refractivity contribution in [2.75, 3.05) is 13.1 Å². The number of hydrogen-bond donors (Lipinski definition) is 2. The second-order valence-electron chi connectivity index (χ2n) is 7.06. The third-order valence-corrected chi connectivity index (χ3v) is 5.25. The number of aromatic nitrogens is 4. The summed E-state index contributed by atoms with van der Waals surface area (Å²) in [6.45, 7) is 3.72. The molecular weight excluding hydrogens is 356 g/mol. The standard InChI is InChI=1S/C17H24N6O2.ClH/c1-12-19-16(22-25-12)17(7-2-3-8-17)20-15(24)14-6-10-23(21-14)13-5-4-9-18-11-13;/h6,10,13,18H,2-5,7-9,11H2,1H3,(H,20,24);1H. The van der Waals surface area contributed by atoms with Crippen LogP contribution in [0.2, 0.25) is 0 Å². The molecule has 26 heavy (non-hydrogen) atoms. The molecule has 4 rings (SSSR count). The Labute approximate surface area is 158 Å². The first-order chi connectivity index (χ1) is 12.2. The molecule has 142 valence electrons. The zero-order chi connectivity index (χ0) is 17.3. The van der Waals surface area contributed by atoms with Crippen molar-refractivity contribution in [2.24, 2.45) is 0 Å². The van der Waals surface area contributed by atoms with Crippen LogP contribution in [-0.2, 0) is 5.54 Å². The van der Waals surface area contributed by atoms with Crippen LogP contribution in [0, 0.1) is 6.92 Å². The monoisotopic (exact) mass is 380 g/mol. The number of carbonyl (C=O) groups excluding carboxylic acids is 1. The molecule has 0 radical (unpaired) electrons. The van der Waals surface area contributed by atoms with Crippen LogP contribution in [0.15, 0.2) is 16.8 Å². The van der Waals surface area contributed by atoms with Gasteiger partial charge in [-0.15, -0.1) is 12.4 Å². The zero-order valence-electron chi connectivity index (χ0n) is 14.9. The molecule has 1 saturated heterocycles. The second kappa shape index (κ2) is 7.75. The molecule has 3 heterocycles. The molecule has 1 saturated carbocycles. The Morgan fingerprint density at radius 1 is 1.38 bits per heavy atom. The molecule has 2 fully saturated rings. The Morgan fingerprint density at radius 2 is 2.19 bits per heavy atom. The number of piperidine rings is 1. The molecule has 1 unspecified atom stereocenters. The molecule has 8 nitrogen and oxygen atoms in total. The third kappa shape index (κ3) is 3.61. The van der Waals surface area contributed by atoms with Gasteiger partial charge in [-0.05, 0) is 38.3 Å². The van der Waals surface area contributed by atoms with Gasteiger partial charge in [-0.3, -0.25) is 9.48 Å².